The Labute approximate surface area is 117 Å². The fraction of sp³-hybridized carbons (Fsp3) is 0.538. The maximum Gasteiger partial charge on any atom is 0.132 e. The van der Waals surface area contributed by atoms with E-state index < -0.39 is 0 Å². The summed E-state index contributed by atoms with van der Waals surface area (Å²) in [7, 11) is 0. The first-order valence-electron chi connectivity index (χ1n) is 6.05. The van der Waals surface area contributed by atoms with E-state index in [2.05, 4.69) is 11.1 Å². The zero-order valence-corrected chi connectivity index (χ0v) is 11.7. The van der Waals surface area contributed by atoms with Crippen LogP contribution in [0.1, 0.15) is 19.4 Å². The minimum Gasteiger partial charge on any atom is -0.394 e. The number of morpholine rings is 1. The number of pyridine rings is 1. The summed E-state index contributed by atoms with van der Waals surface area (Å²) in [5, 5.41) is 18.5. The van der Waals surface area contributed by atoms with Crippen LogP contribution in [0.4, 0.5) is 5.82 Å². The Kier molecular flexibility index (Phi) is 3.95. The van der Waals surface area contributed by atoms with Gasteiger partial charge in [0.25, 0.3) is 0 Å². The van der Waals surface area contributed by atoms with Gasteiger partial charge in [-0.25, -0.2) is 4.98 Å². The second-order valence-corrected chi connectivity index (χ2v) is 5.60. The van der Waals surface area contributed by atoms with Gasteiger partial charge in [0, 0.05) is 13.1 Å². The summed E-state index contributed by atoms with van der Waals surface area (Å²) in [6, 6.07) is 5.29. The standard InChI is InChI=1S/C13H16ClN3O2/c1-13(2)8-17(6-10(7-18)19-13)12-4-9(5-15)3-11(14)16-12/h3-4,10,18H,6-8H2,1-2H3. The molecule has 6 heteroatoms. The molecule has 0 saturated carbocycles. The largest absolute Gasteiger partial charge is 0.394 e. The first kappa shape index (κ1) is 14.1. The third-order valence-corrected chi connectivity index (χ3v) is 3.11. The molecule has 0 amide bonds. The van der Waals surface area contributed by atoms with E-state index in [1.165, 1.54) is 6.07 Å². The predicted molar refractivity (Wildman–Crippen MR) is 72.2 cm³/mol. The lowest BCUT2D eigenvalue weighted by Gasteiger charge is -2.42. The number of hydrogen-bond donors (Lipinski definition) is 1. The second kappa shape index (κ2) is 5.33. The molecule has 0 aliphatic carbocycles. The van der Waals surface area contributed by atoms with Crippen molar-refractivity contribution in [2.45, 2.75) is 25.6 Å². The maximum atomic E-state index is 9.29. The summed E-state index contributed by atoms with van der Waals surface area (Å²) in [5.41, 5.74) is 0.0856. The van der Waals surface area contributed by atoms with E-state index in [1.54, 1.807) is 6.07 Å². The molecular formula is C13H16ClN3O2. The normalized spacial score (nSPS) is 22.1. The van der Waals surface area contributed by atoms with Gasteiger partial charge in [-0.1, -0.05) is 11.6 Å². The van der Waals surface area contributed by atoms with Gasteiger partial charge < -0.3 is 14.7 Å². The Morgan fingerprint density at radius 3 is 3.00 bits per heavy atom. The molecule has 5 nitrogen and oxygen atoms in total. The molecule has 102 valence electrons. The average molecular weight is 282 g/mol. The van der Waals surface area contributed by atoms with E-state index in [4.69, 9.17) is 21.6 Å². The zero-order valence-electron chi connectivity index (χ0n) is 10.9. The first-order chi connectivity index (χ1) is 8.93. The molecule has 0 aromatic carbocycles. The van der Waals surface area contributed by atoms with Gasteiger partial charge in [-0.15, -0.1) is 0 Å². The summed E-state index contributed by atoms with van der Waals surface area (Å²) in [4.78, 5) is 6.23. The van der Waals surface area contributed by atoms with Crippen molar-refractivity contribution in [2.75, 3.05) is 24.6 Å². The highest BCUT2D eigenvalue weighted by atomic mass is 35.5. The minimum atomic E-state index is -0.386. The number of aromatic nitrogens is 1. The number of aliphatic hydroxyl groups is 1. The van der Waals surface area contributed by atoms with Crippen LogP contribution in [0.15, 0.2) is 12.1 Å². The molecule has 0 radical (unpaired) electrons. The van der Waals surface area contributed by atoms with Crippen LogP contribution in [0.2, 0.25) is 5.15 Å². The van der Waals surface area contributed by atoms with Crippen molar-refractivity contribution < 1.29 is 9.84 Å². The van der Waals surface area contributed by atoms with Crippen LogP contribution in [-0.2, 0) is 4.74 Å². The summed E-state index contributed by atoms with van der Waals surface area (Å²) < 4.78 is 5.74. The van der Waals surface area contributed by atoms with Gasteiger partial charge >= 0.3 is 0 Å². The van der Waals surface area contributed by atoms with Gasteiger partial charge in [0.2, 0.25) is 0 Å². The van der Waals surface area contributed by atoms with Crippen molar-refractivity contribution in [1.82, 2.24) is 4.98 Å². The number of halogens is 1. The quantitative estimate of drug-likeness (QED) is 0.834. The molecule has 1 aromatic rings. The highest BCUT2D eigenvalue weighted by Crippen LogP contribution is 2.26. The number of hydrogen-bond acceptors (Lipinski definition) is 5. The average Bonchev–Trinajstić information content (AvgIpc) is 2.36. The molecule has 1 atom stereocenters. The molecule has 0 spiro atoms. The van der Waals surface area contributed by atoms with Crippen molar-refractivity contribution in [2.24, 2.45) is 0 Å². The number of nitriles is 1. The maximum absolute atomic E-state index is 9.29. The second-order valence-electron chi connectivity index (χ2n) is 5.21. The molecule has 19 heavy (non-hydrogen) atoms. The number of aliphatic hydroxyl groups excluding tert-OH is 1. The Balaban J connectivity index is 2.30. The molecule has 1 saturated heterocycles. The Morgan fingerprint density at radius 1 is 1.63 bits per heavy atom. The Bertz CT molecular complexity index is 513. The Hall–Kier alpha value is -1.35. The number of anilines is 1. The van der Waals surface area contributed by atoms with Gasteiger partial charge in [0.1, 0.15) is 11.0 Å². The Morgan fingerprint density at radius 2 is 2.37 bits per heavy atom. The van der Waals surface area contributed by atoms with E-state index in [0.717, 1.165) is 0 Å². The minimum absolute atomic E-state index is 0.0500. The predicted octanol–water partition coefficient (Wildman–Crippen LogP) is 1.58. The smallest absolute Gasteiger partial charge is 0.132 e. The van der Waals surface area contributed by atoms with E-state index in [-0.39, 0.29) is 18.3 Å². The summed E-state index contributed by atoms with van der Waals surface area (Å²) >= 11 is 5.92. The molecular weight excluding hydrogens is 266 g/mol. The molecule has 0 bridgehead atoms. The zero-order chi connectivity index (χ0) is 14.0. The molecule has 1 fully saturated rings. The van der Waals surface area contributed by atoms with Crippen molar-refractivity contribution in [3.05, 3.63) is 22.8 Å². The van der Waals surface area contributed by atoms with E-state index in [0.29, 0.717) is 29.6 Å². The number of rotatable bonds is 2. The third kappa shape index (κ3) is 3.35. The van der Waals surface area contributed by atoms with Crippen LogP contribution in [0.3, 0.4) is 0 Å². The van der Waals surface area contributed by atoms with Crippen molar-refractivity contribution in [1.29, 1.82) is 5.26 Å². The summed E-state index contributed by atoms with van der Waals surface area (Å²) in [5.74, 6) is 0.638. The highest BCUT2D eigenvalue weighted by Gasteiger charge is 2.33. The molecule has 2 heterocycles. The molecule has 1 aliphatic rings. The van der Waals surface area contributed by atoms with E-state index >= 15 is 0 Å². The fourth-order valence-electron chi connectivity index (χ4n) is 2.27. The van der Waals surface area contributed by atoms with Crippen LogP contribution < -0.4 is 4.90 Å². The molecule has 1 aliphatic heterocycles. The lowest BCUT2D eigenvalue weighted by atomic mass is 10.1. The first-order valence-corrected chi connectivity index (χ1v) is 6.42. The number of ether oxygens (including phenoxy) is 1. The van der Waals surface area contributed by atoms with Gasteiger partial charge in [-0.3, -0.25) is 0 Å². The van der Waals surface area contributed by atoms with Crippen LogP contribution >= 0.6 is 11.6 Å². The summed E-state index contributed by atoms with van der Waals surface area (Å²) in [6.45, 7) is 5.01. The summed E-state index contributed by atoms with van der Waals surface area (Å²) in [6.07, 6.45) is -0.268. The van der Waals surface area contributed by atoms with Crippen LogP contribution in [0, 0.1) is 11.3 Å². The molecule has 1 aromatic heterocycles. The van der Waals surface area contributed by atoms with E-state index in [9.17, 15) is 5.11 Å². The van der Waals surface area contributed by atoms with Gasteiger partial charge in [0.15, 0.2) is 0 Å². The topological polar surface area (TPSA) is 69.4 Å². The monoisotopic (exact) mass is 281 g/mol. The lowest BCUT2D eigenvalue weighted by molar-refractivity contribution is -0.101. The highest BCUT2D eigenvalue weighted by molar-refractivity contribution is 6.29. The van der Waals surface area contributed by atoms with Crippen molar-refractivity contribution in [3.8, 4) is 6.07 Å². The van der Waals surface area contributed by atoms with E-state index in [1.807, 2.05) is 18.7 Å². The van der Waals surface area contributed by atoms with Crippen molar-refractivity contribution >= 4 is 17.4 Å². The van der Waals surface area contributed by atoms with Crippen LogP contribution in [0.25, 0.3) is 0 Å². The molecule has 1 N–H and O–H groups in total. The van der Waals surface area contributed by atoms with Gasteiger partial charge in [-0.2, -0.15) is 5.26 Å². The van der Waals surface area contributed by atoms with Gasteiger partial charge in [0.05, 0.1) is 29.9 Å². The van der Waals surface area contributed by atoms with Crippen molar-refractivity contribution in [3.63, 3.8) is 0 Å². The third-order valence-electron chi connectivity index (χ3n) is 2.92. The van der Waals surface area contributed by atoms with Gasteiger partial charge in [-0.05, 0) is 26.0 Å². The molecule has 1 unspecified atom stereocenters. The fourth-order valence-corrected chi connectivity index (χ4v) is 2.48. The molecule has 2 rings (SSSR count). The van der Waals surface area contributed by atoms with Crippen LogP contribution in [-0.4, -0.2) is 41.5 Å². The lowest BCUT2D eigenvalue weighted by Crippen LogP contribution is -2.54. The SMILES string of the molecule is CC1(C)CN(c2cc(C#N)cc(Cl)n2)CC(CO)O1. The number of nitrogens with zero attached hydrogens (tertiary/aromatic N) is 3. The van der Waals surface area contributed by atoms with Crippen LogP contribution in [0.5, 0.6) is 0 Å².